The van der Waals surface area contributed by atoms with Crippen molar-refractivity contribution in [2.24, 2.45) is 34.5 Å². The minimum absolute atomic E-state index is 0.0462. The zero-order valence-electron chi connectivity index (χ0n) is 15.4. The van der Waals surface area contributed by atoms with Gasteiger partial charge in [-0.15, -0.1) is 0 Å². The molecule has 4 aliphatic rings. The van der Waals surface area contributed by atoms with Crippen LogP contribution in [-0.2, 0) is 0 Å². The Morgan fingerprint density at radius 1 is 0.913 bits per heavy atom. The van der Waals surface area contributed by atoms with Gasteiger partial charge in [0.05, 0.1) is 11.7 Å². The van der Waals surface area contributed by atoms with Crippen LogP contribution in [0.25, 0.3) is 0 Å². The Kier molecular flexibility index (Phi) is 3.71. The molecule has 4 saturated carbocycles. The van der Waals surface area contributed by atoms with Crippen LogP contribution < -0.4 is 0 Å². The van der Waals surface area contributed by atoms with Gasteiger partial charge in [0.2, 0.25) is 0 Å². The molecule has 0 saturated heterocycles. The van der Waals surface area contributed by atoms with Crippen molar-refractivity contribution >= 4 is 0 Å². The normalized spacial score (nSPS) is 59.1. The monoisotopic (exact) mass is 320 g/mol. The van der Waals surface area contributed by atoms with Crippen LogP contribution in [0.3, 0.4) is 0 Å². The van der Waals surface area contributed by atoms with Gasteiger partial charge in [0, 0.05) is 0 Å². The lowest BCUT2D eigenvalue weighted by Gasteiger charge is -2.61. The maximum Gasteiger partial charge on any atom is 0.0701 e. The fourth-order valence-electron chi connectivity index (χ4n) is 7.93. The standard InChI is InChI=1S/C21H36O2/c1-4-21(23)12-9-18-16-6-5-14-13-15(22)7-10-19(14,2)17(16)8-11-20(18,21)3/h14-18,22-23H,4-13H2,1-3H3/t14-,15+,16+,17-,18-,19-,20-,21-/m0/s1. The van der Waals surface area contributed by atoms with Crippen LogP contribution in [0.1, 0.15) is 85.0 Å². The first-order valence-corrected chi connectivity index (χ1v) is 10.2. The van der Waals surface area contributed by atoms with E-state index in [4.69, 9.17) is 0 Å². The summed E-state index contributed by atoms with van der Waals surface area (Å²) >= 11 is 0. The molecule has 0 heterocycles. The van der Waals surface area contributed by atoms with Gasteiger partial charge >= 0.3 is 0 Å². The number of hydrogen-bond acceptors (Lipinski definition) is 2. The quantitative estimate of drug-likeness (QED) is 0.745. The third-order valence-electron chi connectivity index (χ3n) is 9.54. The summed E-state index contributed by atoms with van der Waals surface area (Å²) in [6.45, 7) is 7.13. The third kappa shape index (κ3) is 2.06. The summed E-state index contributed by atoms with van der Waals surface area (Å²) in [5.41, 5.74) is 0.194. The first kappa shape index (κ1) is 16.4. The summed E-state index contributed by atoms with van der Waals surface area (Å²) in [6.07, 6.45) is 11.6. The Morgan fingerprint density at radius 3 is 2.39 bits per heavy atom. The second-order valence-corrected chi connectivity index (χ2v) is 9.97. The maximum atomic E-state index is 11.2. The van der Waals surface area contributed by atoms with Crippen LogP contribution >= 0.6 is 0 Å². The number of rotatable bonds is 1. The molecule has 0 radical (unpaired) electrons. The lowest BCUT2D eigenvalue weighted by atomic mass is 9.44. The fraction of sp³-hybridized carbons (Fsp3) is 1.00. The molecule has 0 aromatic rings. The summed E-state index contributed by atoms with van der Waals surface area (Å²) in [5, 5.41) is 21.4. The first-order valence-electron chi connectivity index (χ1n) is 10.2. The predicted molar refractivity (Wildman–Crippen MR) is 93.0 cm³/mol. The molecule has 8 atom stereocenters. The van der Waals surface area contributed by atoms with Gasteiger partial charge in [-0.2, -0.15) is 0 Å². The van der Waals surface area contributed by atoms with Crippen LogP contribution in [0.15, 0.2) is 0 Å². The van der Waals surface area contributed by atoms with Gasteiger partial charge in [-0.3, -0.25) is 0 Å². The number of fused-ring (bicyclic) bond motifs is 5. The molecule has 0 amide bonds. The van der Waals surface area contributed by atoms with Gasteiger partial charge in [-0.25, -0.2) is 0 Å². The van der Waals surface area contributed by atoms with Gasteiger partial charge in [0.1, 0.15) is 0 Å². The molecule has 0 aliphatic heterocycles. The lowest BCUT2D eigenvalue weighted by Crippen LogP contribution is -2.56. The molecule has 2 nitrogen and oxygen atoms in total. The summed E-state index contributed by atoms with van der Waals surface area (Å²) in [7, 11) is 0. The molecule has 4 aliphatic carbocycles. The summed E-state index contributed by atoms with van der Waals surface area (Å²) in [5.74, 6) is 3.14. The van der Waals surface area contributed by atoms with Gasteiger partial charge in [-0.1, -0.05) is 20.8 Å². The molecule has 132 valence electrons. The van der Waals surface area contributed by atoms with Crippen molar-refractivity contribution in [2.75, 3.05) is 0 Å². The Morgan fingerprint density at radius 2 is 1.65 bits per heavy atom. The van der Waals surface area contributed by atoms with Gasteiger partial charge in [-0.05, 0) is 98.7 Å². The van der Waals surface area contributed by atoms with E-state index in [-0.39, 0.29) is 11.5 Å². The Hall–Kier alpha value is -0.0800. The zero-order valence-corrected chi connectivity index (χ0v) is 15.4. The molecule has 0 aromatic carbocycles. The van der Waals surface area contributed by atoms with E-state index in [1.165, 1.54) is 38.5 Å². The second-order valence-electron chi connectivity index (χ2n) is 9.97. The van der Waals surface area contributed by atoms with Gasteiger partial charge in [0.15, 0.2) is 0 Å². The molecule has 0 aromatic heterocycles. The average molecular weight is 321 g/mol. The van der Waals surface area contributed by atoms with Crippen LogP contribution in [0.2, 0.25) is 0 Å². The van der Waals surface area contributed by atoms with Crippen LogP contribution in [0.4, 0.5) is 0 Å². The SMILES string of the molecule is CC[C@]1(O)CC[C@H]2[C@@H]3CC[C@H]4C[C@H](O)CC[C@]4(C)[C@H]3CC[C@@]21C. The van der Waals surface area contributed by atoms with E-state index in [0.717, 1.165) is 49.4 Å². The smallest absolute Gasteiger partial charge is 0.0701 e. The van der Waals surface area contributed by atoms with E-state index < -0.39 is 5.60 Å². The van der Waals surface area contributed by atoms with Crippen molar-refractivity contribution in [3.05, 3.63) is 0 Å². The molecule has 4 rings (SSSR count). The molecule has 23 heavy (non-hydrogen) atoms. The van der Waals surface area contributed by atoms with Crippen molar-refractivity contribution < 1.29 is 10.2 Å². The van der Waals surface area contributed by atoms with E-state index in [2.05, 4.69) is 20.8 Å². The fourth-order valence-corrected chi connectivity index (χ4v) is 7.93. The lowest BCUT2D eigenvalue weighted by molar-refractivity contribution is -0.159. The van der Waals surface area contributed by atoms with Crippen molar-refractivity contribution in [3.8, 4) is 0 Å². The van der Waals surface area contributed by atoms with Crippen molar-refractivity contribution in [2.45, 2.75) is 96.7 Å². The highest BCUT2D eigenvalue weighted by molar-refractivity contribution is 5.13. The Bertz CT molecular complexity index is 476. The number of aliphatic hydroxyl groups excluding tert-OH is 1. The molecular weight excluding hydrogens is 284 g/mol. The van der Waals surface area contributed by atoms with E-state index in [9.17, 15) is 10.2 Å². The molecule has 0 spiro atoms. The molecule has 0 unspecified atom stereocenters. The number of hydrogen-bond donors (Lipinski definition) is 2. The van der Waals surface area contributed by atoms with Gasteiger partial charge < -0.3 is 10.2 Å². The highest BCUT2D eigenvalue weighted by Crippen LogP contribution is 2.68. The highest BCUT2D eigenvalue weighted by Gasteiger charge is 2.63. The van der Waals surface area contributed by atoms with Crippen molar-refractivity contribution in [3.63, 3.8) is 0 Å². The zero-order chi connectivity index (χ0) is 16.5. The summed E-state index contributed by atoms with van der Waals surface area (Å²) < 4.78 is 0. The summed E-state index contributed by atoms with van der Waals surface area (Å²) in [4.78, 5) is 0. The molecule has 2 heteroatoms. The predicted octanol–water partition coefficient (Wildman–Crippen LogP) is 4.53. The topological polar surface area (TPSA) is 40.5 Å². The van der Waals surface area contributed by atoms with E-state index in [1.54, 1.807) is 0 Å². The van der Waals surface area contributed by atoms with Gasteiger partial charge in [0.25, 0.3) is 0 Å². The molecular formula is C21H36O2. The maximum absolute atomic E-state index is 11.2. The summed E-state index contributed by atoms with van der Waals surface area (Å²) in [6, 6.07) is 0. The Balaban J connectivity index is 1.63. The second kappa shape index (κ2) is 5.21. The highest BCUT2D eigenvalue weighted by atomic mass is 16.3. The minimum Gasteiger partial charge on any atom is -0.393 e. The molecule has 4 fully saturated rings. The van der Waals surface area contributed by atoms with Crippen LogP contribution in [-0.4, -0.2) is 21.9 Å². The minimum atomic E-state index is -0.414. The van der Waals surface area contributed by atoms with Crippen molar-refractivity contribution in [1.29, 1.82) is 0 Å². The number of aliphatic hydroxyl groups is 2. The molecule has 0 bridgehead atoms. The first-order chi connectivity index (χ1) is 10.8. The van der Waals surface area contributed by atoms with Crippen molar-refractivity contribution in [1.82, 2.24) is 0 Å². The van der Waals surface area contributed by atoms with E-state index >= 15 is 0 Å². The largest absolute Gasteiger partial charge is 0.393 e. The van der Waals surface area contributed by atoms with Crippen LogP contribution in [0, 0.1) is 34.5 Å². The van der Waals surface area contributed by atoms with E-state index in [1.807, 2.05) is 0 Å². The third-order valence-corrected chi connectivity index (χ3v) is 9.54. The van der Waals surface area contributed by atoms with Crippen LogP contribution in [0.5, 0.6) is 0 Å². The molecule has 2 N–H and O–H groups in total. The Labute approximate surface area is 142 Å². The average Bonchev–Trinajstić information content (AvgIpc) is 2.80. The van der Waals surface area contributed by atoms with E-state index in [0.29, 0.717) is 5.41 Å².